The van der Waals surface area contributed by atoms with Gasteiger partial charge in [0.25, 0.3) is 0 Å². The highest BCUT2D eigenvalue weighted by Crippen LogP contribution is 2.25. The maximum absolute atomic E-state index is 3.58. The molecule has 0 aliphatic carbocycles. The summed E-state index contributed by atoms with van der Waals surface area (Å²) >= 11 is 2.42. The summed E-state index contributed by atoms with van der Waals surface area (Å²) in [5.74, 6) is 0. The zero-order valence-electron chi connectivity index (χ0n) is 8.52. The number of nitrogens with one attached hydrogen (secondary N) is 1. The topological polar surface area (TPSA) is 12.0 Å². The van der Waals surface area contributed by atoms with Gasteiger partial charge in [-0.2, -0.15) is 0 Å². The van der Waals surface area contributed by atoms with Crippen LogP contribution in [-0.2, 0) is 0 Å². The third-order valence-corrected chi connectivity index (χ3v) is 4.07. The molecule has 2 rings (SSSR count). The summed E-state index contributed by atoms with van der Waals surface area (Å²) in [5, 5.41) is 3.58. The Morgan fingerprint density at radius 1 is 1.36 bits per heavy atom. The molecule has 1 aliphatic rings. The van der Waals surface area contributed by atoms with Crippen LogP contribution in [0.3, 0.4) is 0 Å². The first-order valence-corrected chi connectivity index (χ1v) is 6.34. The minimum atomic E-state index is 0.595. The fourth-order valence-electron chi connectivity index (χ4n) is 1.96. The lowest BCUT2D eigenvalue weighted by Gasteiger charge is -2.24. The van der Waals surface area contributed by atoms with Crippen LogP contribution in [0, 0.1) is 10.5 Å². The summed E-state index contributed by atoms with van der Waals surface area (Å²) in [6.45, 7) is 3.34. The van der Waals surface area contributed by atoms with Gasteiger partial charge in [-0.15, -0.1) is 0 Å². The number of benzene rings is 1. The van der Waals surface area contributed by atoms with E-state index in [1.54, 1.807) is 0 Å². The van der Waals surface area contributed by atoms with Crippen molar-refractivity contribution in [3.63, 3.8) is 0 Å². The average Bonchev–Trinajstić information content (AvgIpc) is 2.23. The number of halogens is 1. The van der Waals surface area contributed by atoms with Crippen LogP contribution in [0.15, 0.2) is 18.2 Å². The predicted octanol–water partition coefficient (Wildman–Crippen LogP) is 3.41. The second kappa shape index (κ2) is 4.62. The first-order valence-electron chi connectivity index (χ1n) is 5.27. The molecule has 0 aromatic heterocycles. The van der Waals surface area contributed by atoms with Crippen LogP contribution in [0.5, 0.6) is 0 Å². The van der Waals surface area contributed by atoms with Crippen LogP contribution >= 0.6 is 22.6 Å². The number of hydrogen-bond acceptors (Lipinski definition) is 1. The first kappa shape index (κ1) is 10.4. The van der Waals surface area contributed by atoms with Gasteiger partial charge in [-0.25, -0.2) is 0 Å². The van der Waals surface area contributed by atoms with Gasteiger partial charge in [0.1, 0.15) is 0 Å². The van der Waals surface area contributed by atoms with Crippen molar-refractivity contribution < 1.29 is 0 Å². The zero-order chi connectivity index (χ0) is 9.97. The van der Waals surface area contributed by atoms with Crippen molar-refractivity contribution >= 4 is 22.6 Å². The van der Waals surface area contributed by atoms with Crippen LogP contribution in [0.2, 0.25) is 0 Å². The molecule has 1 nitrogen and oxygen atoms in total. The third kappa shape index (κ3) is 2.28. The highest BCUT2D eigenvalue weighted by molar-refractivity contribution is 14.1. The largest absolute Gasteiger partial charge is 0.310 e. The van der Waals surface area contributed by atoms with Gasteiger partial charge >= 0.3 is 0 Å². The van der Waals surface area contributed by atoms with Crippen molar-refractivity contribution in [1.82, 2.24) is 5.32 Å². The normalized spacial score (nSPS) is 22.3. The van der Waals surface area contributed by atoms with E-state index in [4.69, 9.17) is 0 Å². The summed E-state index contributed by atoms with van der Waals surface area (Å²) in [4.78, 5) is 0. The molecule has 1 atom stereocenters. The Kier molecular flexibility index (Phi) is 3.44. The number of piperidine rings is 1. The Balaban J connectivity index is 2.18. The predicted molar refractivity (Wildman–Crippen MR) is 68.5 cm³/mol. The number of aryl methyl sites for hydroxylation is 1. The smallest absolute Gasteiger partial charge is 0.0320 e. The molecule has 1 N–H and O–H groups in total. The van der Waals surface area contributed by atoms with Crippen molar-refractivity contribution in [3.8, 4) is 0 Å². The molecule has 0 spiro atoms. The van der Waals surface area contributed by atoms with Gasteiger partial charge in [-0.05, 0) is 66.1 Å². The first-order chi connectivity index (χ1) is 6.77. The molecule has 1 heterocycles. The summed E-state index contributed by atoms with van der Waals surface area (Å²) in [6, 6.07) is 7.41. The molecule has 2 heteroatoms. The summed E-state index contributed by atoms with van der Waals surface area (Å²) in [7, 11) is 0. The number of rotatable bonds is 1. The van der Waals surface area contributed by atoms with E-state index in [0.29, 0.717) is 6.04 Å². The standard InChI is InChI=1S/C12H16IN/c1-9-5-6-10(8-11(9)13)12-4-2-3-7-14-12/h5-6,8,12,14H,2-4,7H2,1H3. The van der Waals surface area contributed by atoms with Crippen molar-refractivity contribution in [1.29, 1.82) is 0 Å². The van der Waals surface area contributed by atoms with E-state index in [0.717, 1.165) is 0 Å². The zero-order valence-corrected chi connectivity index (χ0v) is 10.7. The molecule has 0 radical (unpaired) electrons. The van der Waals surface area contributed by atoms with E-state index >= 15 is 0 Å². The summed E-state index contributed by atoms with van der Waals surface area (Å²) in [6.07, 6.45) is 3.99. The maximum atomic E-state index is 3.58. The van der Waals surface area contributed by atoms with Crippen molar-refractivity contribution in [2.45, 2.75) is 32.2 Å². The summed E-state index contributed by atoms with van der Waals surface area (Å²) in [5.41, 5.74) is 2.84. The van der Waals surface area contributed by atoms with Crippen LogP contribution in [0.1, 0.15) is 36.4 Å². The van der Waals surface area contributed by atoms with E-state index in [1.165, 1.54) is 40.5 Å². The van der Waals surface area contributed by atoms with Crippen LogP contribution < -0.4 is 5.32 Å². The Morgan fingerprint density at radius 2 is 2.21 bits per heavy atom. The minimum absolute atomic E-state index is 0.595. The Labute approximate surface area is 99.4 Å². The van der Waals surface area contributed by atoms with Gasteiger partial charge in [0.15, 0.2) is 0 Å². The molecule has 1 aliphatic heterocycles. The Hall–Kier alpha value is -0.0900. The van der Waals surface area contributed by atoms with Crippen molar-refractivity contribution in [2.75, 3.05) is 6.54 Å². The average molecular weight is 301 g/mol. The van der Waals surface area contributed by atoms with E-state index < -0.39 is 0 Å². The van der Waals surface area contributed by atoms with Crippen molar-refractivity contribution in [3.05, 3.63) is 32.9 Å². The Bertz CT molecular complexity index is 316. The van der Waals surface area contributed by atoms with E-state index in [2.05, 4.69) is 53.0 Å². The molecule has 0 saturated carbocycles. The Morgan fingerprint density at radius 3 is 2.86 bits per heavy atom. The molecule has 0 bridgehead atoms. The molecule has 1 aromatic carbocycles. The lowest BCUT2D eigenvalue weighted by atomic mass is 9.97. The highest BCUT2D eigenvalue weighted by Gasteiger charge is 2.14. The molecule has 0 amide bonds. The van der Waals surface area contributed by atoms with Crippen molar-refractivity contribution in [2.24, 2.45) is 0 Å². The molecule has 1 saturated heterocycles. The lowest BCUT2D eigenvalue weighted by molar-refractivity contribution is 0.412. The fraction of sp³-hybridized carbons (Fsp3) is 0.500. The molecule has 14 heavy (non-hydrogen) atoms. The van der Waals surface area contributed by atoms with Crippen LogP contribution in [0.25, 0.3) is 0 Å². The highest BCUT2D eigenvalue weighted by atomic mass is 127. The van der Waals surface area contributed by atoms with Gasteiger partial charge in [-0.3, -0.25) is 0 Å². The second-order valence-corrected chi connectivity index (χ2v) is 5.17. The van der Waals surface area contributed by atoms with Gasteiger partial charge in [0.05, 0.1) is 0 Å². The van der Waals surface area contributed by atoms with Gasteiger partial charge < -0.3 is 5.32 Å². The van der Waals surface area contributed by atoms with E-state index in [-0.39, 0.29) is 0 Å². The number of hydrogen-bond donors (Lipinski definition) is 1. The van der Waals surface area contributed by atoms with Gasteiger partial charge in [0.2, 0.25) is 0 Å². The minimum Gasteiger partial charge on any atom is -0.310 e. The van der Waals surface area contributed by atoms with E-state index in [1.807, 2.05) is 0 Å². The lowest BCUT2D eigenvalue weighted by Crippen LogP contribution is -2.26. The quantitative estimate of drug-likeness (QED) is 0.784. The second-order valence-electron chi connectivity index (χ2n) is 4.01. The van der Waals surface area contributed by atoms with Gasteiger partial charge in [-0.1, -0.05) is 18.6 Å². The summed E-state index contributed by atoms with van der Waals surface area (Å²) < 4.78 is 1.38. The van der Waals surface area contributed by atoms with Crippen LogP contribution in [-0.4, -0.2) is 6.54 Å². The molecular weight excluding hydrogens is 285 g/mol. The molecule has 76 valence electrons. The monoisotopic (exact) mass is 301 g/mol. The fourth-order valence-corrected chi connectivity index (χ4v) is 2.50. The molecule has 1 unspecified atom stereocenters. The van der Waals surface area contributed by atoms with Crippen LogP contribution in [0.4, 0.5) is 0 Å². The SMILES string of the molecule is Cc1ccc(C2CCCCN2)cc1I. The van der Waals surface area contributed by atoms with Gasteiger partial charge in [0, 0.05) is 9.61 Å². The maximum Gasteiger partial charge on any atom is 0.0320 e. The molecular formula is C12H16IN. The third-order valence-electron chi connectivity index (χ3n) is 2.91. The molecule has 1 aromatic rings. The molecule has 1 fully saturated rings. The van der Waals surface area contributed by atoms with E-state index in [9.17, 15) is 0 Å².